The number of anilines is 1. The monoisotopic (exact) mass is 427 g/mol. The van der Waals surface area contributed by atoms with E-state index in [1.165, 1.54) is 0 Å². The molecule has 4 aromatic rings. The minimum absolute atomic E-state index is 0.0825. The first kappa shape index (κ1) is 19.4. The quantitative estimate of drug-likeness (QED) is 0.442. The summed E-state index contributed by atoms with van der Waals surface area (Å²) in [4.78, 5) is 17.6. The molecule has 0 spiro atoms. The zero-order valence-electron chi connectivity index (χ0n) is 15.4. The number of aromatic nitrogens is 4. The topological polar surface area (TPSA) is 85.8 Å². The molecule has 0 aliphatic carbocycles. The summed E-state index contributed by atoms with van der Waals surface area (Å²) in [5, 5.41) is 13.8. The van der Waals surface area contributed by atoms with Gasteiger partial charge in [0.05, 0.1) is 17.6 Å². The summed E-state index contributed by atoms with van der Waals surface area (Å²) >= 11 is 7.48. The van der Waals surface area contributed by atoms with E-state index in [1.54, 1.807) is 28.3 Å². The van der Waals surface area contributed by atoms with E-state index in [0.717, 1.165) is 10.4 Å². The number of carbonyl (C=O) groups excluding carboxylic acids is 1. The van der Waals surface area contributed by atoms with Crippen LogP contribution in [0.4, 0.5) is 5.82 Å². The van der Waals surface area contributed by atoms with Crippen molar-refractivity contribution in [3.8, 4) is 10.7 Å². The van der Waals surface area contributed by atoms with E-state index in [0.29, 0.717) is 48.4 Å². The number of nitrogens with one attached hydrogen (secondary N) is 1. The number of benzene rings is 1. The highest BCUT2D eigenvalue weighted by Gasteiger charge is 2.11. The smallest absolute Gasteiger partial charge is 0.226 e. The van der Waals surface area contributed by atoms with Crippen molar-refractivity contribution in [2.45, 2.75) is 25.8 Å². The lowest BCUT2D eigenvalue weighted by molar-refractivity contribution is -0.116. The number of carbonyl (C=O) groups is 1. The molecule has 3 aromatic heterocycles. The van der Waals surface area contributed by atoms with Crippen molar-refractivity contribution in [3.05, 3.63) is 70.5 Å². The molecule has 7 nitrogen and oxygen atoms in total. The molecule has 1 aromatic carbocycles. The lowest BCUT2D eigenvalue weighted by atomic mass is 10.2. The van der Waals surface area contributed by atoms with Crippen molar-refractivity contribution in [1.82, 2.24) is 19.9 Å². The Hall–Kier alpha value is -2.97. The van der Waals surface area contributed by atoms with E-state index in [4.69, 9.17) is 16.1 Å². The van der Waals surface area contributed by atoms with Crippen molar-refractivity contribution >= 4 is 34.7 Å². The predicted molar refractivity (Wildman–Crippen MR) is 112 cm³/mol. The van der Waals surface area contributed by atoms with E-state index < -0.39 is 0 Å². The van der Waals surface area contributed by atoms with E-state index in [-0.39, 0.29) is 5.91 Å². The fourth-order valence-electron chi connectivity index (χ4n) is 2.80. The molecule has 0 bridgehead atoms. The van der Waals surface area contributed by atoms with Crippen LogP contribution < -0.4 is 5.32 Å². The maximum absolute atomic E-state index is 12.3. The van der Waals surface area contributed by atoms with Crippen molar-refractivity contribution in [3.63, 3.8) is 0 Å². The second-order valence-corrected chi connectivity index (χ2v) is 7.78. The van der Waals surface area contributed by atoms with Gasteiger partial charge in [-0.05, 0) is 35.6 Å². The van der Waals surface area contributed by atoms with E-state index in [1.807, 2.05) is 41.8 Å². The minimum atomic E-state index is -0.0825. The number of halogens is 1. The Morgan fingerprint density at radius 2 is 2.07 bits per heavy atom. The third-order valence-corrected chi connectivity index (χ3v) is 5.35. The van der Waals surface area contributed by atoms with Crippen LogP contribution in [-0.2, 0) is 17.8 Å². The molecule has 0 aliphatic rings. The Balaban J connectivity index is 1.27. The molecule has 0 aliphatic heterocycles. The fraction of sp³-hybridized carbons (Fsp3) is 0.200. The highest BCUT2D eigenvalue weighted by Crippen LogP contribution is 2.21. The van der Waals surface area contributed by atoms with Crippen LogP contribution in [0.15, 0.2) is 58.6 Å². The van der Waals surface area contributed by atoms with Gasteiger partial charge in [-0.2, -0.15) is 10.1 Å². The molecule has 29 heavy (non-hydrogen) atoms. The SMILES string of the molecule is O=C(CCCc1nc(-c2cccs2)no1)Nc1ccnn1Cc1ccc(Cl)cc1. The first-order valence-electron chi connectivity index (χ1n) is 9.10. The Morgan fingerprint density at radius 3 is 2.86 bits per heavy atom. The second-order valence-electron chi connectivity index (χ2n) is 6.39. The molecular weight excluding hydrogens is 410 g/mol. The number of aryl methyl sites for hydroxylation is 1. The molecule has 0 saturated carbocycles. The number of hydrogen-bond acceptors (Lipinski definition) is 6. The van der Waals surface area contributed by atoms with Crippen LogP contribution >= 0.6 is 22.9 Å². The maximum Gasteiger partial charge on any atom is 0.226 e. The zero-order chi connectivity index (χ0) is 20.1. The normalized spacial score (nSPS) is 10.9. The van der Waals surface area contributed by atoms with Crippen LogP contribution in [0.25, 0.3) is 10.7 Å². The summed E-state index contributed by atoms with van der Waals surface area (Å²) in [7, 11) is 0. The molecule has 1 amide bonds. The molecule has 0 fully saturated rings. The van der Waals surface area contributed by atoms with E-state index >= 15 is 0 Å². The Morgan fingerprint density at radius 1 is 1.21 bits per heavy atom. The summed E-state index contributed by atoms with van der Waals surface area (Å²) in [5.74, 6) is 1.70. The summed E-state index contributed by atoms with van der Waals surface area (Å²) in [6.45, 7) is 0.549. The van der Waals surface area contributed by atoms with Gasteiger partial charge in [0.15, 0.2) is 0 Å². The summed E-state index contributed by atoms with van der Waals surface area (Å²) in [5.41, 5.74) is 1.05. The lowest BCUT2D eigenvalue weighted by Gasteiger charge is -2.09. The van der Waals surface area contributed by atoms with Crippen LogP contribution in [0.5, 0.6) is 0 Å². The molecule has 4 rings (SSSR count). The van der Waals surface area contributed by atoms with Crippen LogP contribution in [-0.4, -0.2) is 25.8 Å². The van der Waals surface area contributed by atoms with Gasteiger partial charge < -0.3 is 9.84 Å². The molecule has 0 unspecified atom stereocenters. The Labute approximate surface area is 176 Å². The number of hydrogen-bond donors (Lipinski definition) is 1. The first-order chi connectivity index (χ1) is 14.2. The molecule has 0 saturated heterocycles. The van der Waals surface area contributed by atoms with E-state index in [9.17, 15) is 4.79 Å². The summed E-state index contributed by atoms with van der Waals surface area (Å²) < 4.78 is 7.00. The Kier molecular flexibility index (Phi) is 6.02. The molecular formula is C20H18ClN5O2S. The number of rotatable bonds is 8. The van der Waals surface area contributed by atoms with Gasteiger partial charge in [-0.1, -0.05) is 35.0 Å². The highest BCUT2D eigenvalue weighted by molar-refractivity contribution is 7.13. The summed E-state index contributed by atoms with van der Waals surface area (Å²) in [6, 6.07) is 13.2. The van der Waals surface area contributed by atoms with Gasteiger partial charge >= 0.3 is 0 Å². The van der Waals surface area contributed by atoms with Crippen molar-refractivity contribution in [1.29, 1.82) is 0 Å². The average Bonchev–Trinajstić information content (AvgIpc) is 3.46. The van der Waals surface area contributed by atoms with Gasteiger partial charge in [0.2, 0.25) is 17.6 Å². The third-order valence-electron chi connectivity index (χ3n) is 4.23. The third kappa shape index (κ3) is 5.10. The first-order valence-corrected chi connectivity index (χ1v) is 10.4. The van der Waals surface area contributed by atoms with Gasteiger partial charge in [0, 0.05) is 23.9 Å². The van der Waals surface area contributed by atoms with Gasteiger partial charge in [0.25, 0.3) is 0 Å². The molecule has 148 valence electrons. The van der Waals surface area contributed by atoms with Gasteiger partial charge in [-0.15, -0.1) is 11.3 Å². The largest absolute Gasteiger partial charge is 0.339 e. The van der Waals surface area contributed by atoms with Crippen molar-refractivity contribution in [2.75, 3.05) is 5.32 Å². The highest BCUT2D eigenvalue weighted by atomic mass is 35.5. The van der Waals surface area contributed by atoms with Crippen molar-refractivity contribution in [2.24, 2.45) is 0 Å². The molecule has 0 radical (unpaired) electrons. The van der Waals surface area contributed by atoms with Gasteiger partial charge in [0.1, 0.15) is 5.82 Å². The predicted octanol–water partition coefficient (Wildman–Crippen LogP) is 4.66. The van der Waals surface area contributed by atoms with Crippen LogP contribution in [0.2, 0.25) is 5.02 Å². The standard InChI is InChI=1S/C20H18ClN5O2S/c21-15-8-6-14(7-9-15)13-26-17(10-11-22-26)23-18(27)4-1-5-19-24-20(25-28-19)16-3-2-12-29-16/h2-3,6-12H,1,4-5,13H2,(H,23,27). The zero-order valence-corrected chi connectivity index (χ0v) is 17.0. The van der Waals surface area contributed by atoms with Crippen LogP contribution in [0.1, 0.15) is 24.3 Å². The lowest BCUT2D eigenvalue weighted by Crippen LogP contribution is -2.16. The van der Waals surface area contributed by atoms with Crippen LogP contribution in [0, 0.1) is 0 Å². The molecule has 9 heteroatoms. The van der Waals surface area contributed by atoms with Crippen LogP contribution in [0.3, 0.4) is 0 Å². The maximum atomic E-state index is 12.3. The minimum Gasteiger partial charge on any atom is -0.339 e. The van der Waals surface area contributed by atoms with Crippen molar-refractivity contribution < 1.29 is 9.32 Å². The Bertz CT molecular complexity index is 1070. The number of nitrogens with zero attached hydrogens (tertiary/aromatic N) is 4. The van der Waals surface area contributed by atoms with Gasteiger partial charge in [-0.3, -0.25) is 4.79 Å². The molecule has 3 heterocycles. The number of amides is 1. The van der Waals surface area contributed by atoms with E-state index in [2.05, 4.69) is 20.6 Å². The second kappa shape index (κ2) is 9.02. The molecule has 1 N–H and O–H groups in total. The average molecular weight is 428 g/mol. The summed E-state index contributed by atoms with van der Waals surface area (Å²) in [6.07, 6.45) is 3.18. The molecule has 0 atom stereocenters. The van der Waals surface area contributed by atoms with Gasteiger partial charge in [-0.25, -0.2) is 4.68 Å². The fourth-order valence-corrected chi connectivity index (χ4v) is 3.57. The number of thiophene rings is 1.